The summed E-state index contributed by atoms with van der Waals surface area (Å²) in [5.74, 6) is -0.620. The molecule has 326 valence electrons. The Morgan fingerprint density at radius 1 is 0.353 bits per heavy atom. The van der Waals surface area contributed by atoms with Gasteiger partial charge in [0.15, 0.2) is 0 Å². The number of allylic oxidation sites excluding steroid dienone is 8. The average molecular weight is 881 g/mol. The largest absolute Gasteiger partial charge is 0.307 e. The summed E-state index contributed by atoms with van der Waals surface area (Å²) in [5.41, 5.74) is 11.6. The van der Waals surface area contributed by atoms with Crippen molar-refractivity contribution in [3.63, 3.8) is 0 Å². The maximum absolute atomic E-state index is 17.6. The van der Waals surface area contributed by atoms with Gasteiger partial charge >= 0.3 is 0 Å². The number of anilines is 6. The van der Waals surface area contributed by atoms with Crippen LogP contribution in [-0.2, 0) is 0 Å². The third-order valence-electron chi connectivity index (χ3n) is 13.5. The van der Waals surface area contributed by atoms with E-state index in [1.165, 1.54) is 0 Å². The smallest absolute Gasteiger partial charge is 0.148 e. The summed E-state index contributed by atoms with van der Waals surface area (Å²) in [6.45, 7) is 0. The average Bonchev–Trinajstić information content (AvgIpc) is 3.41. The fraction of sp³-hybridized carbons (Fsp3) is 0.0625. The van der Waals surface area contributed by atoms with Crippen molar-refractivity contribution in [3.05, 3.63) is 253 Å². The van der Waals surface area contributed by atoms with Gasteiger partial charge in [0.05, 0.1) is 22.7 Å². The van der Waals surface area contributed by atoms with Crippen LogP contribution >= 0.6 is 0 Å². The third-order valence-corrected chi connectivity index (χ3v) is 13.5. The molecule has 0 saturated carbocycles. The van der Waals surface area contributed by atoms with E-state index in [0.29, 0.717) is 11.4 Å². The molecule has 2 aliphatic rings. The Bertz CT molecular complexity index is 3630. The highest BCUT2D eigenvalue weighted by molar-refractivity contribution is 6.28. The Balaban J connectivity index is 1.11. The molecule has 0 radical (unpaired) electrons. The molecule has 0 fully saturated rings. The van der Waals surface area contributed by atoms with Gasteiger partial charge in [-0.2, -0.15) is 0 Å². The molecule has 0 bridgehead atoms. The van der Waals surface area contributed by atoms with Gasteiger partial charge in [-0.3, -0.25) is 0 Å². The van der Waals surface area contributed by atoms with Crippen LogP contribution in [0.25, 0.3) is 65.7 Å². The number of rotatable bonds is 10. The van der Waals surface area contributed by atoms with Crippen LogP contribution in [0.15, 0.2) is 231 Å². The topological polar surface area (TPSA) is 6.48 Å². The van der Waals surface area contributed by atoms with Crippen LogP contribution in [0.5, 0.6) is 0 Å². The van der Waals surface area contributed by atoms with Crippen LogP contribution < -0.4 is 9.80 Å². The molecule has 0 N–H and O–H groups in total. The van der Waals surface area contributed by atoms with Crippen LogP contribution in [0.4, 0.5) is 42.9 Å². The fourth-order valence-corrected chi connectivity index (χ4v) is 10.4. The number of para-hydroxylation sites is 2. The van der Waals surface area contributed by atoms with Gasteiger partial charge in [-0.25, -0.2) is 8.78 Å². The molecule has 10 aromatic carbocycles. The van der Waals surface area contributed by atoms with Crippen molar-refractivity contribution in [2.75, 3.05) is 9.80 Å². The van der Waals surface area contributed by atoms with Crippen LogP contribution in [-0.4, -0.2) is 0 Å². The normalized spacial score (nSPS) is 13.6. The Kier molecular flexibility index (Phi) is 10.6. The minimum atomic E-state index is -0.311. The predicted molar refractivity (Wildman–Crippen MR) is 283 cm³/mol. The standard InChI is InChI=1S/C64H46F2N2/c65-57-41-49(43-19-7-1-8-20-43)39-55(45-23-11-3-12-24-45)63(57)67(51-27-15-5-16-28-51)59-37-33-47-32-36-54-60(38-34-48-31-35-53(59)61(47)62(48)54)68(52-29-17-6-18-30-52)64-56(46-25-13-4-14-26-46)40-50(42-58(64)66)44-21-9-2-10-22-44/h1,4-9,11,13-42H,2-3,10,12H2. The summed E-state index contributed by atoms with van der Waals surface area (Å²) in [6.07, 6.45) is 16.7. The summed E-state index contributed by atoms with van der Waals surface area (Å²) in [4.78, 5) is 4.20. The molecule has 0 saturated heterocycles. The van der Waals surface area contributed by atoms with E-state index in [0.717, 1.165) is 125 Å². The summed E-state index contributed by atoms with van der Waals surface area (Å²) >= 11 is 0. The Morgan fingerprint density at radius 3 is 1.31 bits per heavy atom. The lowest BCUT2D eigenvalue weighted by molar-refractivity contribution is 0.628. The van der Waals surface area contributed by atoms with Gasteiger partial charge in [0.2, 0.25) is 0 Å². The number of nitrogens with zero attached hydrogens (tertiary/aromatic N) is 2. The van der Waals surface area contributed by atoms with Crippen LogP contribution in [0.3, 0.4) is 0 Å². The summed E-state index contributed by atoms with van der Waals surface area (Å²) in [7, 11) is 0. The highest BCUT2D eigenvalue weighted by Crippen LogP contribution is 2.51. The number of halogens is 2. The second-order valence-electron chi connectivity index (χ2n) is 17.7. The van der Waals surface area contributed by atoms with Crippen molar-refractivity contribution in [2.24, 2.45) is 0 Å². The van der Waals surface area contributed by atoms with E-state index in [4.69, 9.17) is 0 Å². The molecule has 0 aromatic heterocycles. The van der Waals surface area contributed by atoms with Gasteiger partial charge in [0.1, 0.15) is 11.6 Å². The first kappa shape index (κ1) is 41.1. The van der Waals surface area contributed by atoms with E-state index >= 15 is 8.78 Å². The zero-order valence-electron chi connectivity index (χ0n) is 37.4. The van der Waals surface area contributed by atoms with Gasteiger partial charge in [-0.05, 0) is 141 Å². The number of hydrogen-bond donors (Lipinski definition) is 0. The molecule has 4 heteroatoms. The molecular weight excluding hydrogens is 835 g/mol. The van der Waals surface area contributed by atoms with Gasteiger partial charge in [0, 0.05) is 33.3 Å². The molecule has 0 aliphatic heterocycles. The Hall–Kier alpha value is -8.34. The first-order chi connectivity index (χ1) is 33.6. The number of hydrogen-bond acceptors (Lipinski definition) is 2. The summed E-state index contributed by atoms with van der Waals surface area (Å²) in [5, 5.41) is 6.19. The monoisotopic (exact) mass is 880 g/mol. The lowest BCUT2D eigenvalue weighted by Gasteiger charge is -2.32. The molecule has 0 unspecified atom stereocenters. The van der Waals surface area contributed by atoms with Crippen LogP contribution in [0.2, 0.25) is 0 Å². The zero-order chi connectivity index (χ0) is 45.6. The Labute approximate surface area is 395 Å². The molecule has 10 aromatic rings. The van der Waals surface area contributed by atoms with E-state index < -0.39 is 0 Å². The van der Waals surface area contributed by atoms with Crippen molar-refractivity contribution < 1.29 is 8.78 Å². The first-order valence-electron chi connectivity index (χ1n) is 23.5. The third kappa shape index (κ3) is 7.26. The zero-order valence-corrected chi connectivity index (χ0v) is 37.4. The van der Waals surface area contributed by atoms with Crippen molar-refractivity contribution in [1.82, 2.24) is 0 Å². The highest BCUT2D eigenvalue weighted by Gasteiger charge is 2.28. The van der Waals surface area contributed by atoms with Crippen LogP contribution in [0, 0.1) is 11.6 Å². The second-order valence-corrected chi connectivity index (χ2v) is 17.7. The second kappa shape index (κ2) is 17.5. The number of benzene rings is 10. The molecule has 68 heavy (non-hydrogen) atoms. The minimum Gasteiger partial charge on any atom is -0.307 e. The van der Waals surface area contributed by atoms with Crippen LogP contribution in [0.1, 0.15) is 36.8 Å². The maximum Gasteiger partial charge on any atom is 0.148 e. The SMILES string of the molecule is Fc1cc(-c2ccccc2)cc(C2=CCCC=C2)c1N(c1ccccc1)c1ccc2ccc3c(N(c4ccccc4)c4c(F)cc(C5=CCCC=C5)cc4-c4ccccc4)ccc4ccc1c2c43. The predicted octanol–water partition coefficient (Wildman–Crippen LogP) is 18.6. The van der Waals surface area contributed by atoms with Gasteiger partial charge < -0.3 is 9.80 Å². The van der Waals surface area contributed by atoms with Gasteiger partial charge in [0.25, 0.3) is 0 Å². The van der Waals surface area contributed by atoms with Crippen molar-refractivity contribution in [3.8, 4) is 22.3 Å². The molecule has 0 spiro atoms. The fourth-order valence-electron chi connectivity index (χ4n) is 10.4. The lowest BCUT2D eigenvalue weighted by Crippen LogP contribution is -2.15. The highest BCUT2D eigenvalue weighted by atomic mass is 19.1. The molecule has 0 amide bonds. The first-order valence-corrected chi connectivity index (χ1v) is 23.5. The van der Waals surface area contributed by atoms with Crippen molar-refractivity contribution in [1.29, 1.82) is 0 Å². The quantitative estimate of drug-likeness (QED) is 0.126. The van der Waals surface area contributed by atoms with E-state index in [-0.39, 0.29) is 11.6 Å². The molecule has 0 heterocycles. The molecular formula is C64H46F2N2. The maximum atomic E-state index is 17.6. The van der Waals surface area contributed by atoms with E-state index in [1.807, 2.05) is 84.9 Å². The molecule has 12 rings (SSSR count). The molecule has 2 nitrogen and oxygen atoms in total. The minimum absolute atomic E-state index is 0.310. The van der Waals surface area contributed by atoms with Crippen molar-refractivity contribution in [2.45, 2.75) is 25.7 Å². The van der Waals surface area contributed by atoms with Gasteiger partial charge in [-0.15, -0.1) is 0 Å². The summed E-state index contributed by atoms with van der Waals surface area (Å²) in [6, 6.07) is 65.4. The van der Waals surface area contributed by atoms with E-state index in [9.17, 15) is 0 Å². The molecule has 2 aliphatic carbocycles. The Morgan fingerprint density at radius 2 is 0.794 bits per heavy atom. The van der Waals surface area contributed by atoms with Crippen molar-refractivity contribution >= 4 is 77.6 Å². The van der Waals surface area contributed by atoms with E-state index in [2.05, 4.69) is 143 Å². The summed E-state index contributed by atoms with van der Waals surface area (Å²) < 4.78 is 35.2. The van der Waals surface area contributed by atoms with Gasteiger partial charge in [-0.1, -0.05) is 170 Å². The lowest BCUT2D eigenvalue weighted by atomic mass is 9.90. The van der Waals surface area contributed by atoms with E-state index in [1.54, 1.807) is 12.1 Å². The molecule has 0 atom stereocenters.